The van der Waals surface area contributed by atoms with Crippen molar-refractivity contribution < 1.29 is 0 Å². The van der Waals surface area contributed by atoms with Crippen LogP contribution in [-0.2, 0) is 0 Å². The third-order valence-corrected chi connectivity index (χ3v) is 7.10. The summed E-state index contributed by atoms with van der Waals surface area (Å²) in [5.74, 6) is 0. The molecule has 0 nitrogen and oxygen atoms in total. The lowest BCUT2D eigenvalue weighted by molar-refractivity contribution is 1.35. The summed E-state index contributed by atoms with van der Waals surface area (Å²) in [4.78, 5) is 0. The number of hydrogen-bond donors (Lipinski definition) is 0. The van der Waals surface area contributed by atoms with Crippen LogP contribution in [-0.4, -0.2) is 0 Å². The molecule has 0 heterocycles. The lowest BCUT2D eigenvalue weighted by atomic mass is 9.85. The first-order chi connectivity index (χ1) is 16.4. The van der Waals surface area contributed by atoms with Crippen molar-refractivity contribution in [1.82, 2.24) is 0 Å². The lowest BCUT2D eigenvalue weighted by Gasteiger charge is -2.18. The van der Waals surface area contributed by atoms with Gasteiger partial charge in [-0.15, -0.1) is 0 Å². The third kappa shape index (κ3) is 2.78. The van der Waals surface area contributed by atoms with Crippen LogP contribution in [0, 0.1) is 0 Å². The van der Waals surface area contributed by atoms with Gasteiger partial charge in [-0.05, 0) is 77.5 Å². The van der Waals surface area contributed by atoms with E-state index < -0.39 is 0 Å². The van der Waals surface area contributed by atoms with E-state index >= 15 is 0 Å². The van der Waals surface area contributed by atoms with Gasteiger partial charge in [-0.3, -0.25) is 0 Å². The Bertz CT molecular complexity index is 1830. The van der Waals surface area contributed by atoms with Gasteiger partial charge in [0.15, 0.2) is 0 Å². The second-order valence-corrected chi connectivity index (χ2v) is 8.87. The molecule has 0 amide bonds. The van der Waals surface area contributed by atoms with Crippen LogP contribution in [0.15, 0.2) is 109 Å². The zero-order valence-corrected chi connectivity index (χ0v) is 18.3. The zero-order chi connectivity index (χ0) is 21.8. The fraction of sp³-hybridized carbons (Fsp3) is 0.0303. The van der Waals surface area contributed by atoms with E-state index in [0.717, 1.165) is 6.42 Å². The Morgan fingerprint density at radius 2 is 1.21 bits per heavy atom. The van der Waals surface area contributed by atoms with Crippen molar-refractivity contribution in [2.75, 3.05) is 0 Å². The van der Waals surface area contributed by atoms with Crippen LogP contribution in [0.3, 0.4) is 0 Å². The van der Waals surface area contributed by atoms with E-state index in [9.17, 15) is 0 Å². The standard InChI is InChI=1S/C33H22/c1-4-13-25-22(9-1)12-7-18-30(25)33-27-15-6-2-10-23(27)19-20-31(33)29-17-8-16-28-26-14-5-3-11-24(26)21-32(28)29/h1-19,21H,20H2. The van der Waals surface area contributed by atoms with E-state index in [2.05, 4.69) is 121 Å². The van der Waals surface area contributed by atoms with Gasteiger partial charge >= 0.3 is 0 Å². The predicted molar refractivity (Wildman–Crippen MR) is 139 cm³/mol. The van der Waals surface area contributed by atoms with Crippen molar-refractivity contribution in [3.63, 3.8) is 0 Å². The highest BCUT2D eigenvalue weighted by molar-refractivity contribution is 6.07. The van der Waals surface area contributed by atoms with E-state index in [0.29, 0.717) is 0 Å². The molecular formula is C33H22. The highest BCUT2D eigenvalue weighted by Gasteiger charge is 2.18. The molecule has 0 saturated carbocycles. The minimum absolute atomic E-state index is 0.927. The van der Waals surface area contributed by atoms with Gasteiger partial charge in [0.2, 0.25) is 0 Å². The van der Waals surface area contributed by atoms with Crippen LogP contribution >= 0.6 is 0 Å². The Balaban J connectivity index is 1.66. The molecule has 7 rings (SSSR count). The van der Waals surface area contributed by atoms with Crippen molar-refractivity contribution in [2.24, 2.45) is 0 Å². The van der Waals surface area contributed by atoms with Crippen LogP contribution in [0.1, 0.15) is 17.5 Å². The average molecular weight is 419 g/mol. The SMILES string of the molecule is C1=c2ccccc2=C(c2cccc3ccccc23)C(=c2cccc3c2=Cc2ccccc2-3)C1. The minimum atomic E-state index is 0.927. The highest BCUT2D eigenvalue weighted by atomic mass is 14.2. The Hall–Kier alpha value is -4.16. The van der Waals surface area contributed by atoms with Gasteiger partial charge in [0.25, 0.3) is 0 Å². The van der Waals surface area contributed by atoms with Crippen LogP contribution < -0.4 is 20.9 Å². The smallest absolute Gasteiger partial charge is 0.00578 e. The molecule has 154 valence electrons. The first kappa shape index (κ1) is 18.4. The van der Waals surface area contributed by atoms with Gasteiger partial charge in [0.05, 0.1) is 0 Å². The summed E-state index contributed by atoms with van der Waals surface area (Å²) >= 11 is 0. The molecule has 2 aliphatic rings. The molecule has 33 heavy (non-hydrogen) atoms. The summed E-state index contributed by atoms with van der Waals surface area (Å²) < 4.78 is 0. The molecule has 5 aromatic carbocycles. The quantitative estimate of drug-likeness (QED) is 0.357. The second kappa shape index (κ2) is 7.18. The summed E-state index contributed by atoms with van der Waals surface area (Å²) in [6.45, 7) is 0. The van der Waals surface area contributed by atoms with Gasteiger partial charge in [-0.1, -0.05) is 115 Å². The van der Waals surface area contributed by atoms with Crippen molar-refractivity contribution >= 4 is 34.1 Å². The Labute approximate surface area is 192 Å². The third-order valence-electron chi connectivity index (χ3n) is 7.10. The molecule has 0 radical (unpaired) electrons. The van der Waals surface area contributed by atoms with Crippen molar-refractivity contribution in [2.45, 2.75) is 6.42 Å². The van der Waals surface area contributed by atoms with Crippen molar-refractivity contribution in [3.05, 3.63) is 141 Å². The fourth-order valence-corrected chi connectivity index (χ4v) is 5.62. The van der Waals surface area contributed by atoms with Crippen molar-refractivity contribution in [3.8, 4) is 11.1 Å². The van der Waals surface area contributed by atoms with Crippen LogP contribution in [0.25, 0.3) is 45.2 Å². The monoisotopic (exact) mass is 418 g/mol. The minimum Gasteiger partial charge on any atom is -0.0722 e. The predicted octanol–water partition coefficient (Wildman–Crippen LogP) is 4.88. The summed E-state index contributed by atoms with van der Waals surface area (Å²) in [6, 6.07) is 39.8. The van der Waals surface area contributed by atoms with Gasteiger partial charge < -0.3 is 0 Å². The molecule has 0 fully saturated rings. The summed E-state index contributed by atoms with van der Waals surface area (Å²) in [5.41, 5.74) is 8.08. The largest absolute Gasteiger partial charge is 0.0722 e. The highest BCUT2D eigenvalue weighted by Crippen LogP contribution is 2.31. The summed E-state index contributed by atoms with van der Waals surface area (Å²) in [5, 5.41) is 7.93. The number of rotatable bonds is 1. The number of hydrogen-bond acceptors (Lipinski definition) is 0. The van der Waals surface area contributed by atoms with Crippen LogP contribution in [0.5, 0.6) is 0 Å². The first-order valence-electron chi connectivity index (χ1n) is 11.6. The Morgan fingerprint density at radius 1 is 0.515 bits per heavy atom. The second-order valence-electron chi connectivity index (χ2n) is 8.87. The molecule has 0 aromatic heterocycles. The number of fused-ring (bicyclic) bond motifs is 5. The first-order valence-corrected chi connectivity index (χ1v) is 11.6. The van der Waals surface area contributed by atoms with Gasteiger partial charge in [0, 0.05) is 0 Å². The van der Waals surface area contributed by atoms with E-state index in [1.54, 1.807) is 0 Å². The van der Waals surface area contributed by atoms with E-state index in [1.807, 2.05) is 0 Å². The number of benzene rings is 5. The van der Waals surface area contributed by atoms with E-state index in [4.69, 9.17) is 0 Å². The van der Waals surface area contributed by atoms with Crippen molar-refractivity contribution in [1.29, 1.82) is 0 Å². The fourth-order valence-electron chi connectivity index (χ4n) is 5.62. The maximum absolute atomic E-state index is 2.39. The molecule has 0 heteroatoms. The Morgan fingerprint density at radius 3 is 2.21 bits per heavy atom. The van der Waals surface area contributed by atoms with Gasteiger partial charge in [-0.2, -0.15) is 0 Å². The molecule has 0 bridgehead atoms. The molecular weight excluding hydrogens is 396 g/mol. The van der Waals surface area contributed by atoms with Gasteiger partial charge in [-0.25, -0.2) is 0 Å². The zero-order valence-electron chi connectivity index (χ0n) is 18.3. The molecule has 5 aromatic rings. The molecule has 2 aliphatic carbocycles. The molecule has 0 N–H and O–H groups in total. The molecule has 0 atom stereocenters. The average Bonchev–Trinajstić information content (AvgIpc) is 3.27. The van der Waals surface area contributed by atoms with E-state index in [-0.39, 0.29) is 0 Å². The molecule has 0 aliphatic heterocycles. The molecule has 0 unspecified atom stereocenters. The Kier molecular flexibility index (Phi) is 4.01. The summed E-state index contributed by atoms with van der Waals surface area (Å²) in [6.07, 6.45) is 5.69. The van der Waals surface area contributed by atoms with Crippen LogP contribution in [0.4, 0.5) is 0 Å². The van der Waals surface area contributed by atoms with E-state index in [1.165, 1.54) is 65.0 Å². The normalized spacial score (nSPS) is 15.3. The lowest BCUT2D eigenvalue weighted by Crippen LogP contribution is -2.35. The summed E-state index contributed by atoms with van der Waals surface area (Å²) in [7, 11) is 0. The molecule has 0 saturated heterocycles. The molecule has 0 spiro atoms. The topological polar surface area (TPSA) is 0 Å². The maximum atomic E-state index is 2.39. The van der Waals surface area contributed by atoms with Crippen LogP contribution in [0.2, 0.25) is 0 Å². The van der Waals surface area contributed by atoms with Gasteiger partial charge in [0.1, 0.15) is 0 Å². The maximum Gasteiger partial charge on any atom is -0.00578 e.